The van der Waals surface area contributed by atoms with Gasteiger partial charge in [-0.3, -0.25) is 14.5 Å². The Morgan fingerprint density at radius 2 is 1.58 bits per heavy atom. The lowest BCUT2D eigenvalue weighted by Gasteiger charge is -2.25. The molecule has 1 aliphatic rings. The minimum Gasteiger partial charge on any atom is -0.507 e. The topological polar surface area (TPSA) is 76.1 Å². The second kappa shape index (κ2) is 9.20. The summed E-state index contributed by atoms with van der Waals surface area (Å²) in [6.07, 6.45) is 0.862. The van der Waals surface area contributed by atoms with Crippen LogP contribution in [0, 0.1) is 0 Å². The lowest BCUT2D eigenvalue weighted by Crippen LogP contribution is -2.29. The van der Waals surface area contributed by atoms with Gasteiger partial charge in [0, 0.05) is 11.3 Å². The molecule has 1 amide bonds. The molecule has 168 valence electrons. The molecule has 1 saturated heterocycles. The standard InChI is InChI=1S/C27H25NO5/c1-4-17-10-13-20(14-11-17)28-24(18-8-6-5-7-9-18)23(26(30)27(28)31)25(29)19-12-15-21(32-2)22(16-19)33-3/h5-16,24,29H,4H2,1-3H3/b25-23-. The first kappa shape index (κ1) is 22.1. The number of carbonyl (C=O) groups excluding carboxylic acids is 2. The molecule has 1 unspecified atom stereocenters. The fourth-order valence-corrected chi connectivity index (χ4v) is 4.08. The summed E-state index contributed by atoms with van der Waals surface area (Å²) in [7, 11) is 3.01. The van der Waals surface area contributed by atoms with E-state index >= 15 is 0 Å². The molecule has 6 heteroatoms. The molecule has 1 atom stereocenters. The highest BCUT2D eigenvalue weighted by atomic mass is 16.5. The molecule has 3 aromatic carbocycles. The van der Waals surface area contributed by atoms with Crippen molar-refractivity contribution in [1.29, 1.82) is 0 Å². The van der Waals surface area contributed by atoms with Crippen molar-refractivity contribution in [3.63, 3.8) is 0 Å². The fourth-order valence-electron chi connectivity index (χ4n) is 4.08. The number of rotatable bonds is 6. The molecule has 1 aliphatic heterocycles. The summed E-state index contributed by atoms with van der Waals surface area (Å²) >= 11 is 0. The number of aliphatic hydroxyl groups is 1. The van der Waals surface area contributed by atoms with E-state index in [4.69, 9.17) is 9.47 Å². The predicted molar refractivity (Wildman–Crippen MR) is 127 cm³/mol. The number of methoxy groups -OCH3 is 2. The van der Waals surface area contributed by atoms with Crippen molar-refractivity contribution < 1.29 is 24.2 Å². The average molecular weight is 443 g/mol. The van der Waals surface area contributed by atoms with E-state index in [1.165, 1.54) is 19.1 Å². The Hall–Kier alpha value is -4.06. The summed E-state index contributed by atoms with van der Waals surface area (Å²) in [4.78, 5) is 27.9. The number of benzene rings is 3. The third-order valence-corrected chi connectivity index (χ3v) is 5.84. The summed E-state index contributed by atoms with van der Waals surface area (Å²) in [5.74, 6) is -0.797. The zero-order valence-electron chi connectivity index (χ0n) is 18.7. The first-order valence-corrected chi connectivity index (χ1v) is 10.7. The van der Waals surface area contributed by atoms with Crippen LogP contribution in [0.15, 0.2) is 78.4 Å². The first-order chi connectivity index (χ1) is 16.0. The zero-order chi connectivity index (χ0) is 23.5. The largest absolute Gasteiger partial charge is 0.507 e. The fraction of sp³-hybridized carbons (Fsp3) is 0.185. The van der Waals surface area contributed by atoms with Gasteiger partial charge in [0.2, 0.25) is 0 Å². The zero-order valence-corrected chi connectivity index (χ0v) is 18.7. The van der Waals surface area contributed by atoms with E-state index in [0.717, 1.165) is 17.5 Å². The van der Waals surface area contributed by atoms with Crippen LogP contribution in [0.1, 0.15) is 29.7 Å². The van der Waals surface area contributed by atoms with Crippen LogP contribution in [0.25, 0.3) is 5.76 Å². The van der Waals surface area contributed by atoms with Gasteiger partial charge in [-0.15, -0.1) is 0 Å². The van der Waals surface area contributed by atoms with E-state index in [0.29, 0.717) is 22.7 Å². The van der Waals surface area contributed by atoms with Gasteiger partial charge in [-0.1, -0.05) is 49.4 Å². The second-order valence-electron chi connectivity index (χ2n) is 7.67. The van der Waals surface area contributed by atoms with Crippen LogP contribution in [0.4, 0.5) is 5.69 Å². The van der Waals surface area contributed by atoms with Gasteiger partial charge in [0.15, 0.2) is 11.5 Å². The Morgan fingerprint density at radius 3 is 2.18 bits per heavy atom. The number of anilines is 1. The molecule has 33 heavy (non-hydrogen) atoms. The van der Waals surface area contributed by atoms with Crippen LogP contribution in [0.2, 0.25) is 0 Å². The van der Waals surface area contributed by atoms with Gasteiger partial charge in [0.25, 0.3) is 11.7 Å². The molecule has 1 N–H and O–H groups in total. The minimum absolute atomic E-state index is 0.0259. The third kappa shape index (κ3) is 3.96. The van der Waals surface area contributed by atoms with Gasteiger partial charge in [-0.2, -0.15) is 0 Å². The summed E-state index contributed by atoms with van der Waals surface area (Å²) in [5, 5.41) is 11.3. The van der Waals surface area contributed by atoms with E-state index in [9.17, 15) is 14.7 Å². The lowest BCUT2D eigenvalue weighted by atomic mass is 9.95. The van der Waals surface area contributed by atoms with Crippen LogP contribution in [0.5, 0.6) is 11.5 Å². The Balaban J connectivity index is 1.90. The maximum absolute atomic E-state index is 13.2. The number of ketones is 1. The SMILES string of the molecule is CCc1ccc(N2C(=O)C(=O)/C(=C(\O)c3ccc(OC)c(OC)c3)C2c2ccccc2)cc1. The van der Waals surface area contributed by atoms with Crippen molar-refractivity contribution in [3.05, 3.63) is 95.1 Å². The van der Waals surface area contributed by atoms with Crippen molar-refractivity contribution in [2.75, 3.05) is 19.1 Å². The molecule has 0 saturated carbocycles. The summed E-state index contributed by atoms with van der Waals surface area (Å²) < 4.78 is 10.6. The monoisotopic (exact) mass is 443 g/mol. The lowest BCUT2D eigenvalue weighted by molar-refractivity contribution is -0.132. The number of hydrogen-bond acceptors (Lipinski definition) is 5. The number of aliphatic hydroxyl groups excluding tert-OH is 1. The number of amides is 1. The van der Waals surface area contributed by atoms with Crippen molar-refractivity contribution in [2.45, 2.75) is 19.4 Å². The highest BCUT2D eigenvalue weighted by Crippen LogP contribution is 2.43. The molecular formula is C27H25NO5. The summed E-state index contributed by atoms with van der Waals surface area (Å²) in [6.45, 7) is 2.05. The molecule has 6 nitrogen and oxygen atoms in total. The molecule has 3 aromatic rings. The molecule has 1 heterocycles. The van der Waals surface area contributed by atoms with E-state index in [-0.39, 0.29) is 11.3 Å². The first-order valence-electron chi connectivity index (χ1n) is 10.7. The molecule has 0 radical (unpaired) electrons. The van der Waals surface area contributed by atoms with E-state index in [1.54, 1.807) is 18.2 Å². The maximum atomic E-state index is 13.2. The van der Waals surface area contributed by atoms with Gasteiger partial charge < -0.3 is 14.6 Å². The number of nitrogens with zero attached hydrogens (tertiary/aromatic N) is 1. The molecule has 0 spiro atoms. The van der Waals surface area contributed by atoms with Crippen LogP contribution in [0.3, 0.4) is 0 Å². The number of Topliss-reactive ketones (excluding diaryl/α,β-unsaturated/α-hetero) is 1. The smallest absolute Gasteiger partial charge is 0.300 e. The van der Waals surface area contributed by atoms with E-state index < -0.39 is 17.7 Å². The summed E-state index contributed by atoms with van der Waals surface area (Å²) in [5.41, 5.74) is 2.82. The normalized spacial score (nSPS) is 17.3. The quantitative estimate of drug-likeness (QED) is 0.333. The van der Waals surface area contributed by atoms with Crippen LogP contribution in [-0.2, 0) is 16.0 Å². The van der Waals surface area contributed by atoms with Crippen molar-refractivity contribution >= 4 is 23.1 Å². The Kier molecular flexibility index (Phi) is 6.18. The Morgan fingerprint density at radius 1 is 0.909 bits per heavy atom. The Bertz CT molecular complexity index is 1220. The highest BCUT2D eigenvalue weighted by molar-refractivity contribution is 6.51. The molecular weight excluding hydrogens is 418 g/mol. The third-order valence-electron chi connectivity index (χ3n) is 5.84. The number of aryl methyl sites for hydroxylation is 1. The van der Waals surface area contributed by atoms with Crippen molar-refractivity contribution in [1.82, 2.24) is 0 Å². The van der Waals surface area contributed by atoms with Gasteiger partial charge >= 0.3 is 0 Å². The highest BCUT2D eigenvalue weighted by Gasteiger charge is 2.46. The molecule has 0 aliphatic carbocycles. The molecule has 1 fully saturated rings. The second-order valence-corrected chi connectivity index (χ2v) is 7.67. The van der Waals surface area contributed by atoms with Crippen LogP contribution in [-0.4, -0.2) is 31.0 Å². The van der Waals surface area contributed by atoms with Crippen LogP contribution < -0.4 is 14.4 Å². The van der Waals surface area contributed by atoms with Crippen molar-refractivity contribution in [3.8, 4) is 11.5 Å². The average Bonchev–Trinajstić information content (AvgIpc) is 3.14. The van der Waals surface area contributed by atoms with Crippen LogP contribution >= 0.6 is 0 Å². The van der Waals surface area contributed by atoms with Gasteiger partial charge in [0.1, 0.15) is 5.76 Å². The van der Waals surface area contributed by atoms with Gasteiger partial charge in [0.05, 0.1) is 25.8 Å². The van der Waals surface area contributed by atoms with Crippen molar-refractivity contribution in [2.24, 2.45) is 0 Å². The van der Waals surface area contributed by atoms with Gasteiger partial charge in [-0.25, -0.2) is 0 Å². The molecule has 0 bridgehead atoms. The molecule has 0 aromatic heterocycles. The number of hydrogen-bond donors (Lipinski definition) is 1. The minimum atomic E-state index is -0.772. The van der Waals surface area contributed by atoms with E-state index in [1.807, 2.05) is 61.5 Å². The molecule has 4 rings (SSSR count). The number of ether oxygens (including phenoxy) is 2. The Labute approximate surface area is 192 Å². The van der Waals surface area contributed by atoms with Gasteiger partial charge in [-0.05, 0) is 47.9 Å². The maximum Gasteiger partial charge on any atom is 0.300 e. The summed E-state index contributed by atoms with van der Waals surface area (Å²) in [6, 6.07) is 20.8. The number of carbonyl (C=O) groups is 2. The predicted octanol–water partition coefficient (Wildman–Crippen LogP) is 4.89. The van der Waals surface area contributed by atoms with E-state index in [2.05, 4.69) is 0 Å².